The Hall–Kier alpha value is -2.81. The van der Waals surface area contributed by atoms with Crippen molar-refractivity contribution in [3.8, 4) is 6.07 Å². The summed E-state index contributed by atoms with van der Waals surface area (Å²) >= 11 is 1.40. The second-order valence-electron chi connectivity index (χ2n) is 8.32. The van der Waals surface area contributed by atoms with E-state index in [1.807, 2.05) is 24.3 Å². The highest BCUT2D eigenvalue weighted by Gasteiger charge is 2.20. The Kier molecular flexibility index (Phi) is 12.9. The number of rotatable bonds is 15. The van der Waals surface area contributed by atoms with Crippen LogP contribution in [0.2, 0.25) is 0 Å². The highest BCUT2D eigenvalue weighted by Crippen LogP contribution is 2.34. The van der Waals surface area contributed by atoms with Gasteiger partial charge in [-0.3, -0.25) is 0 Å². The van der Waals surface area contributed by atoms with Crippen LogP contribution < -0.4 is 0 Å². The number of aliphatic hydroxyl groups excluding tert-OH is 1. The van der Waals surface area contributed by atoms with Crippen molar-refractivity contribution in [2.45, 2.75) is 74.5 Å². The molecular formula is C29H35NO3S. The lowest BCUT2D eigenvalue weighted by Gasteiger charge is -2.20. The fraction of sp³-hybridized carbons (Fsp3) is 0.379. The van der Waals surface area contributed by atoms with E-state index in [0.29, 0.717) is 11.1 Å². The van der Waals surface area contributed by atoms with Crippen LogP contribution in [0.5, 0.6) is 0 Å². The third-order valence-corrected chi connectivity index (χ3v) is 6.76. The predicted octanol–water partition coefficient (Wildman–Crippen LogP) is 7.70. The van der Waals surface area contributed by atoms with Gasteiger partial charge in [-0.15, -0.1) is 11.8 Å². The van der Waals surface area contributed by atoms with Gasteiger partial charge in [0.05, 0.1) is 28.6 Å². The van der Waals surface area contributed by atoms with Crippen molar-refractivity contribution < 1.29 is 15.0 Å². The Morgan fingerprint density at radius 2 is 1.76 bits per heavy atom. The van der Waals surface area contributed by atoms with Crippen molar-refractivity contribution in [2.75, 3.05) is 0 Å². The molecule has 5 heteroatoms. The first-order chi connectivity index (χ1) is 16.5. The molecule has 0 aromatic heterocycles. The molecular weight excluding hydrogens is 442 g/mol. The summed E-state index contributed by atoms with van der Waals surface area (Å²) in [5.74, 6) is -0.981. The van der Waals surface area contributed by atoms with E-state index in [0.717, 1.165) is 11.3 Å². The molecule has 0 saturated heterocycles. The molecule has 0 saturated carbocycles. The van der Waals surface area contributed by atoms with Crippen molar-refractivity contribution in [2.24, 2.45) is 0 Å². The summed E-state index contributed by atoms with van der Waals surface area (Å²) in [5.41, 5.74) is 1.36. The Morgan fingerprint density at radius 1 is 1.03 bits per heavy atom. The minimum Gasteiger partial charge on any atom is -0.478 e. The molecule has 0 aliphatic rings. The molecule has 0 aliphatic heterocycles. The molecule has 2 aromatic rings. The molecule has 34 heavy (non-hydrogen) atoms. The number of carboxylic acids is 1. The largest absolute Gasteiger partial charge is 0.478 e. The van der Waals surface area contributed by atoms with Crippen LogP contribution in [0.15, 0.2) is 77.7 Å². The van der Waals surface area contributed by atoms with Crippen LogP contribution >= 0.6 is 11.8 Å². The van der Waals surface area contributed by atoms with Gasteiger partial charge in [-0.1, -0.05) is 88.0 Å². The molecule has 2 rings (SSSR count). The molecule has 0 radical (unpaired) electrons. The Morgan fingerprint density at radius 3 is 2.50 bits per heavy atom. The first-order valence-corrected chi connectivity index (χ1v) is 12.9. The van der Waals surface area contributed by atoms with Gasteiger partial charge in [0, 0.05) is 4.90 Å². The first-order valence-electron chi connectivity index (χ1n) is 12.1. The van der Waals surface area contributed by atoms with Crippen molar-refractivity contribution in [1.29, 1.82) is 5.26 Å². The highest BCUT2D eigenvalue weighted by molar-refractivity contribution is 8.00. The second kappa shape index (κ2) is 15.9. The second-order valence-corrected chi connectivity index (χ2v) is 9.57. The molecule has 4 nitrogen and oxygen atoms in total. The van der Waals surface area contributed by atoms with Gasteiger partial charge in [0.2, 0.25) is 0 Å². The van der Waals surface area contributed by atoms with E-state index in [2.05, 4.69) is 19.1 Å². The van der Waals surface area contributed by atoms with Gasteiger partial charge in [0.25, 0.3) is 0 Å². The standard InChI is InChI=1S/C29H35NO3S/c1-2-3-4-5-6-7-8-9-10-11-12-19-27(28(31)24-16-13-15-23(20-24)22-30)34-26-18-14-17-25(21-26)29(32)33/h10-21,27-28,31H,2-9H2,1H3,(H,32,33)/t27-,28+/m1/s1. The van der Waals surface area contributed by atoms with E-state index < -0.39 is 12.1 Å². The lowest BCUT2D eigenvalue weighted by atomic mass is 10.0. The van der Waals surface area contributed by atoms with Crippen LogP contribution in [0.4, 0.5) is 0 Å². The number of aromatic carboxylic acids is 1. The maximum absolute atomic E-state index is 11.3. The third-order valence-electron chi connectivity index (χ3n) is 5.54. The number of nitriles is 1. The quantitative estimate of drug-likeness (QED) is 0.156. The van der Waals surface area contributed by atoms with E-state index in [4.69, 9.17) is 0 Å². The summed E-state index contributed by atoms with van der Waals surface area (Å²) in [5, 5.41) is 29.2. The average Bonchev–Trinajstić information content (AvgIpc) is 2.86. The van der Waals surface area contributed by atoms with Gasteiger partial charge in [0.15, 0.2) is 0 Å². The maximum Gasteiger partial charge on any atom is 0.335 e. The summed E-state index contributed by atoms with van der Waals surface area (Å²) in [7, 11) is 0. The first kappa shape index (κ1) is 27.4. The molecule has 0 aliphatic carbocycles. The van der Waals surface area contributed by atoms with Crippen LogP contribution in [0.25, 0.3) is 0 Å². The number of hydrogen-bond acceptors (Lipinski definition) is 4. The summed E-state index contributed by atoms with van der Waals surface area (Å²) in [6, 6.07) is 15.8. The molecule has 0 bridgehead atoms. The number of hydrogen-bond donors (Lipinski definition) is 2. The molecule has 2 N–H and O–H groups in total. The predicted molar refractivity (Wildman–Crippen MR) is 140 cm³/mol. The number of nitrogens with zero attached hydrogens (tertiary/aromatic N) is 1. The van der Waals surface area contributed by atoms with Gasteiger partial charge in [0.1, 0.15) is 0 Å². The molecule has 0 amide bonds. The van der Waals surface area contributed by atoms with Crippen molar-refractivity contribution in [3.05, 3.63) is 89.5 Å². The zero-order chi connectivity index (χ0) is 24.6. The van der Waals surface area contributed by atoms with E-state index in [-0.39, 0.29) is 10.8 Å². The summed E-state index contributed by atoms with van der Waals surface area (Å²) in [4.78, 5) is 12.1. The number of benzene rings is 2. The van der Waals surface area contributed by atoms with E-state index in [9.17, 15) is 20.3 Å². The number of thioether (sulfide) groups is 1. The summed E-state index contributed by atoms with van der Waals surface area (Å²) in [6.07, 6.45) is 17.2. The molecule has 2 aromatic carbocycles. The number of allylic oxidation sites excluding steroid dienone is 3. The Balaban J connectivity index is 2.03. The molecule has 0 unspecified atom stereocenters. The van der Waals surface area contributed by atoms with Gasteiger partial charge >= 0.3 is 5.97 Å². The average molecular weight is 478 g/mol. The summed E-state index contributed by atoms with van der Waals surface area (Å²) < 4.78 is 0. The van der Waals surface area contributed by atoms with Crippen LogP contribution in [-0.2, 0) is 0 Å². The van der Waals surface area contributed by atoms with Crippen LogP contribution in [0.1, 0.15) is 85.9 Å². The minimum atomic E-state index is -0.981. The zero-order valence-electron chi connectivity index (χ0n) is 19.9. The SMILES string of the molecule is CCCCCCCCCC=CC=C[C@@H](Sc1cccc(C(=O)O)c1)[C@@H](O)c1cccc(C#N)c1. The third kappa shape index (κ3) is 9.99. The fourth-order valence-electron chi connectivity index (χ4n) is 3.62. The van der Waals surface area contributed by atoms with Gasteiger partial charge < -0.3 is 10.2 Å². The molecule has 0 heterocycles. The fourth-order valence-corrected chi connectivity index (χ4v) is 4.74. The van der Waals surface area contributed by atoms with Crippen molar-refractivity contribution in [3.63, 3.8) is 0 Å². The van der Waals surface area contributed by atoms with E-state index in [1.54, 1.807) is 42.5 Å². The van der Waals surface area contributed by atoms with Gasteiger partial charge in [-0.25, -0.2) is 4.79 Å². The molecule has 0 fully saturated rings. The zero-order valence-corrected chi connectivity index (χ0v) is 20.7. The van der Waals surface area contributed by atoms with Gasteiger partial charge in [-0.05, 0) is 48.7 Å². The normalized spacial score (nSPS) is 13.2. The molecule has 2 atom stereocenters. The van der Waals surface area contributed by atoms with E-state index in [1.165, 1.54) is 56.7 Å². The Labute approximate surface area is 208 Å². The summed E-state index contributed by atoms with van der Waals surface area (Å²) in [6.45, 7) is 2.23. The Bertz CT molecular complexity index is 993. The van der Waals surface area contributed by atoms with Crippen LogP contribution in [-0.4, -0.2) is 21.4 Å². The monoisotopic (exact) mass is 477 g/mol. The topological polar surface area (TPSA) is 81.3 Å². The molecule has 0 spiro atoms. The number of unbranched alkanes of at least 4 members (excludes halogenated alkanes) is 7. The lowest BCUT2D eigenvalue weighted by Crippen LogP contribution is -2.13. The molecule has 180 valence electrons. The maximum atomic E-state index is 11.3. The van der Waals surface area contributed by atoms with Crippen molar-refractivity contribution >= 4 is 17.7 Å². The van der Waals surface area contributed by atoms with E-state index >= 15 is 0 Å². The smallest absolute Gasteiger partial charge is 0.335 e. The lowest BCUT2D eigenvalue weighted by molar-refractivity contribution is 0.0696. The van der Waals surface area contributed by atoms with Crippen LogP contribution in [0.3, 0.4) is 0 Å². The van der Waals surface area contributed by atoms with Crippen molar-refractivity contribution in [1.82, 2.24) is 0 Å². The number of aliphatic hydroxyl groups is 1. The number of carboxylic acid groups (broad SMARTS) is 1. The van der Waals surface area contributed by atoms with Crippen LogP contribution in [0, 0.1) is 11.3 Å². The minimum absolute atomic E-state index is 0.211. The highest BCUT2D eigenvalue weighted by atomic mass is 32.2. The van der Waals surface area contributed by atoms with Gasteiger partial charge in [-0.2, -0.15) is 5.26 Å². The number of carbonyl (C=O) groups is 1.